The summed E-state index contributed by atoms with van der Waals surface area (Å²) in [5.41, 5.74) is 5.91. The molecule has 0 aliphatic carbocycles. The molecule has 5 rings (SSSR count). The number of ether oxygens (including phenoxy) is 1. The van der Waals surface area contributed by atoms with Crippen LogP contribution in [0.2, 0.25) is 5.02 Å². The number of carbonyl (C=O) groups excluding carboxylic acids is 1. The third kappa shape index (κ3) is 4.36. The van der Waals surface area contributed by atoms with Gasteiger partial charge >= 0.3 is 0 Å². The summed E-state index contributed by atoms with van der Waals surface area (Å²) in [5, 5.41) is 12.9. The molecule has 1 aliphatic heterocycles. The van der Waals surface area contributed by atoms with Crippen molar-refractivity contribution in [3.63, 3.8) is 0 Å². The maximum Gasteiger partial charge on any atom is 0.181 e. The van der Waals surface area contributed by atoms with Gasteiger partial charge in [-0.3, -0.25) is 4.79 Å². The van der Waals surface area contributed by atoms with Crippen LogP contribution in [0.4, 0.5) is 0 Å². The number of aromatic nitrogens is 3. The van der Waals surface area contributed by atoms with E-state index in [4.69, 9.17) is 16.3 Å². The third-order valence-corrected chi connectivity index (χ3v) is 7.47. The summed E-state index contributed by atoms with van der Waals surface area (Å²) in [4.78, 5) is 13.0. The minimum atomic E-state index is -0.872. The van der Waals surface area contributed by atoms with E-state index in [9.17, 15) is 4.79 Å². The molecule has 1 aliphatic rings. The van der Waals surface area contributed by atoms with Crippen molar-refractivity contribution >= 4 is 23.0 Å². The zero-order chi connectivity index (χ0) is 27.0. The largest absolute Gasteiger partial charge is 0.489 e. The van der Waals surface area contributed by atoms with Gasteiger partial charge in [-0.1, -0.05) is 48.5 Å². The first-order valence-corrected chi connectivity index (χ1v) is 12.7. The van der Waals surface area contributed by atoms with Crippen LogP contribution in [0.25, 0.3) is 5.57 Å². The molecule has 1 unspecified atom stereocenters. The Hall–Kier alpha value is -4.00. The van der Waals surface area contributed by atoms with Gasteiger partial charge in [0, 0.05) is 17.6 Å². The second-order valence-electron chi connectivity index (χ2n) is 9.62. The number of rotatable bonds is 4. The normalized spacial score (nSPS) is 17.7. The molecule has 7 heteroatoms. The van der Waals surface area contributed by atoms with Gasteiger partial charge in [-0.2, -0.15) is 0 Å². The highest BCUT2D eigenvalue weighted by atomic mass is 35.5. The van der Waals surface area contributed by atoms with Crippen LogP contribution < -0.4 is 10.1 Å². The highest BCUT2D eigenvalue weighted by Gasteiger charge is 2.40. The summed E-state index contributed by atoms with van der Waals surface area (Å²) < 4.78 is 8.12. The summed E-state index contributed by atoms with van der Waals surface area (Å²) in [6.45, 7) is 7.90. The molecule has 0 saturated heterocycles. The molecule has 6 nitrogen and oxygen atoms in total. The van der Waals surface area contributed by atoms with Crippen LogP contribution in [0, 0.1) is 6.92 Å². The average molecular weight is 525 g/mol. The van der Waals surface area contributed by atoms with Crippen molar-refractivity contribution in [3.8, 4) is 5.75 Å². The number of allylic oxidation sites excluding steroid dienone is 2. The van der Waals surface area contributed by atoms with E-state index in [0.29, 0.717) is 22.2 Å². The second kappa shape index (κ2) is 10.0. The highest BCUT2D eigenvalue weighted by Crippen LogP contribution is 2.40. The zero-order valence-corrected chi connectivity index (χ0v) is 22.6. The van der Waals surface area contributed by atoms with Gasteiger partial charge in [0.2, 0.25) is 0 Å². The maximum atomic E-state index is 13.0. The number of halogens is 1. The van der Waals surface area contributed by atoms with Gasteiger partial charge < -0.3 is 14.6 Å². The predicted molar refractivity (Wildman–Crippen MR) is 150 cm³/mol. The molecular weight excluding hydrogens is 496 g/mol. The number of benzene rings is 3. The van der Waals surface area contributed by atoms with Gasteiger partial charge in [-0.15, -0.1) is 10.2 Å². The van der Waals surface area contributed by atoms with E-state index in [1.54, 1.807) is 19.3 Å². The van der Waals surface area contributed by atoms with Gasteiger partial charge in [0.25, 0.3) is 0 Å². The van der Waals surface area contributed by atoms with Crippen molar-refractivity contribution in [1.82, 2.24) is 20.1 Å². The molecule has 0 fully saturated rings. The van der Waals surface area contributed by atoms with E-state index in [-0.39, 0.29) is 12.4 Å². The Morgan fingerprint density at radius 1 is 1.16 bits per heavy atom. The van der Waals surface area contributed by atoms with Gasteiger partial charge in [-0.25, -0.2) is 0 Å². The van der Waals surface area contributed by atoms with E-state index in [2.05, 4.69) is 46.4 Å². The molecule has 6 bridgehead atoms. The highest BCUT2D eigenvalue weighted by molar-refractivity contribution is 6.31. The Morgan fingerprint density at radius 3 is 2.63 bits per heavy atom. The first-order valence-electron chi connectivity index (χ1n) is 12.3. The molecular formula is C31H29ClN4O2. The van der Waals surface area contributed by atoms with Crippen LogP contribution >= 0.6 is 11.6 Å². The predicted octanol–water partition coefficient (Wildman–Crippen LogP) is 5.76. The van der Waals surface area contributed by atoms with E-state index in [0.717, 1.165) is 39.0 Å². The molecule has 1 aromatic heterocycles. The van der Waals surface area contributed by atoms with E-state index in [1.807, 2.05) is 62.0 Å². The van der Waals surface area contributed by atoms with Crippen molar-refractivity contribution in [2.24, 2.45) is 7.05 Å². The fraction of sp³-hybridized carbons (Fsp3) is 0.194. The number of nitrogens with one attached hydrogen (secondary N) is 1. The Labute approximate surface area is 227 Å². The third-order valence-electron chi connectivity index (χ3n) is 7.10. The van der Waals surface area contributed by atoms with Crippen molar-refractivity contribution in [3.05, 3.63) is 129 Å². The van der Waals surface area contributed by atoms with E-state index < -0.39 is 5.54 Å². The number of ketones is 1. The van der Waals surface area contributed by atoms with Crippen LogP contribution in [0.5, 0.6) is 5.75 Å². The number of carbonyl (C=O) groups is 1. The summed E-state index contributed by atoms with van der Waals surface area (Å²) in [6.07, 6.45) is 3.35. The fourth-order valence-electron chi connectivity index (χ4n) is 5.00. The number of aryl methyl sites for hydroxylation is 2. The first kappa shape index (κ1) is 25.6. The lowest BCUT2D eigenvalue weighted by molar-refractivity contribution is -0.111. The quantitative estimate of drug-likeness (QED) is 0.344. The summed E-state index contributed by atoms with van der Waals surface area (Å²) in [6, 6.07) is 20.0. The molecule has 192 valence electrons. The molecule has 1 atom stereocenters. The summed E-state index contributed by atoms with van der Waals surface area (Å²) in [7, 11) is 3.83. The molecule has 1 N–H and O–H groups in total. The average Bonchev–Trinajstić information content (AvgIpc) is 3.34. The first-order chi connectivity index (χ1) is 18.2. The van der Waals surface area contributed by atoms with Crippen LogP contribution in [-0.4, -0.2) is 27.6 Å². The van der Waals surface area contributed by atoms with Gasteiger partial charge in [-0.05, 0) is 96.3 Å². The maximum absolute atomic E-state index is 13.0. The Kier molecular flexibility index (Phi) is 6.78. The Balaban J connectivity index is 1.90. The molecule has 38 heavy (non-hydrogen) atoms. The van der Waals surface area contributed by atoms with E-state index >= 15 is 0 Å². The minimum Gasteiger partial charge on any atom is -0.489 e. The van der Waals surface area contributed by atoms with Crippen molar-refractivity contribution < 1.29 is 9.53 Å². The van der Waals surface area contributed by atoms with Crippen LogP contribution in [0.15, 0.2) is 85.2 Å². The Bertz CT molecular complexity index is 1600. The molecule has 0 spiro atoms. The molecule has 0 saturated carbocycles. The number of hydrogen-bond acceptors (Lipinski definition) is 5. The monoisotopic (exact) mass is 524 g/mol. The summed E-state index contributed by atoms with van der Waals surface area (Å²) in [5.74, 6) is 1.26. The lowest BCUT2D eigenvalue weighted by atomic mass is 9.79. The van der Waals surface area contributed by atoms with Gasteiger partial charge in [0.1, 0.15) is 24.2 Å². The van der Waals surface area contributed by atoms with Gasteiger partial charge in [0.05, 0.1) is 0 Å². The van der Waals surface area contributed by atoms with Gasteiger partial charge in [0.15, 0.2) is 11.6 Å². The second-order valence-corrected chi connectivity index (χ2v) is 10.0. The molecule has 3 aromatic carbocycles. The number of hydrogen-bond donors (Lipinski definition) is 1. The molecule has 0 radical (unpaired) electrons. The van der Waals surface area contributed by atoms with Crippen molar-refractivity contribution in [2.75, 3.05) is 7.05 Å². The lowest BCUT2D eigenvalue weighted by Crippen LogP contribution is -2.44. The zero-order valence-electron chi connectivity index (χ0n) is 21.9. The molecule has 4 aromatic rings. The summed E-state index contributed by atoms with van der Waals surface area (Å²) >= 11 is 6.64. The van der Waals surface area contributed by atoms with Crippen molar-refractivity contribution in [2.45, 2.75) is 26.0 Å². The van der Waals surface area contributed by atoms with Crippen LogP contribution in [0.3, 0.4) is 0 Å². The standard InChI is InChI=1S/C31H29ClN4O2/c1-19(2)29(37)16-27-21-7-6-8-25(14-21)38-17-22-13-23(11-12-28(22)32)31(33-4,30-35-34-18-36(30)5)24-10-9-20(3)26(27)15-24/h6-16,18,33H,1,17H2,2-5H3/b27-16-. The smallest absolute Gasteiger partial charge is 0.181 e. The van der Waals surface area contributed by atoms with Crippen LogP contribution in [0.1, 0.15) is 46.1 Å². The van der Waals surface area contributed by atoms with E-state index in [1.165, 1.54) is 0 Å². The van der Waals surface area contributed by atoms with Crippen molar-refractivity contribution in [1.29, 1.82) is 0 Å². The molecule has 0 amide bonds. The Morgan fingerprint density at radius 2 is 1.92 bits per heavy atom. The van der Waals surface area contributed by atoms with Crippen LogP contribution in [-0.2, 0) is 24.0 Å². The number of fused-ring (bicyclic) bond motifs is 6. The topological polar surface area (TPSA) is 69.0 Å². The minimum absolute atomic E-state index is 0.132. The lowest BCUT2D eigenvalue weighted by Gasteiger charge is -2.34. The number of nitrogens with zero attached hydrogens (tertiary/aromatic N) is 3. The fourth-order valence-corrected chi connectivity index (χ4v) is 5.17. The SMILES string of the molecule is C=C(C)C(=O)/C=C1/c2cccc(c2)OCc2cc(ccc2Cl)C(NC)(c2nncn2C)c2ccc(C)c1c2. The molecule has 2 heterocycles.